The minimum Gasteiger partial charge on any atom is -0.480 e. The molecule has 0 spiro atoms. The molecule has 0 atom stereocenters. The van der Waals surface area contributed by atoms with Crippen molar-refractivity contribution in [3.8, 4) is 12.3 Å². The number of carboxylic acid groups (broad SMARTS) is 1. The number of hydrogen-bond donors (Lipinski definition) is 1. The molecule has 17 heavy (non-hydrogen) atoms. The summed E-state index contributed by atoms with van der Waals surface area (Å²) in [5.41, 5.74) is 0.716. The molecule has 0 amide bonds. The summed E-state index contributed by atoms with van der Waals surface area (Å²) in [6.07, 6.45) is 5.14. The summed E-state index contributed by atoms with van der Waals surface area (Å²) in [5, 5.41) is 8.70. The Labute approximate surface area is 104 Å². The van der Waals surface area contributed by atoms with Crippen molar-refractivity contribution in [1.82, 2.24) is 4.90 Å². The lowest BCUT2D eigenvalue weighted by Crippen LogP contribution is -2.29. The van der Waals surface area contributed by atoms with Crippen LogP contribution in [0.25, 0.3) is 0 Å². The fraction of sp³-hybridized carbons (Fsp3) is 0.250. The normalized spacial score (nSPS) is 10.2. The smallest absolute Gasteiger partial charge is 0.317 e. The summed E-state index contributed by atoms with van der Waals surface area (Å²) in [6, 6.07) is 4.25. The van der Waals surface area contributed by atoms with E-state index in [0.717, 1.165) is 0 Å². The summed E-state index contributed by atoms with van der Waals surface area (Å²) in [6.45, 7) is 0.358. The zero-order valence-corrected chi connectivity index (χ0v) is 9.75. The van der Waals surface area contributed by atoms with Gasteiger partial charge in [0, 0.05) is 6.54 Å². The Balaban J connectivity index is 2.75. The molecule has 0 aromatic heterocycles. The third-order valence-corrected chi connectivity index (χ3v) is 2.35. The summed E-state index contributed by atoms with van der Waals surface area (Å²) in [5.74, 6) is 0.908. The van der Waals surface area contributed by atoms with Crippen LogP contribution in [0.2, 0.25) is 5.02 Å². The van der Waals surface area contributed by atoms with Gasteiger partial charge in [-0.25, -0.2) is 4.39 Å². The maximum atomic E-state index is 12.9. The molecule has 1 N–H and O–H groups in total. The lowest BCUT2D eigenvalue weighted by molar-refractivity contribution is -0.138. The van der Waals surface area contributed by atoms with Crippen molar-refractivity contribution in [2.75, 3.05) is 13.1 Å². The van der Waals surface area contributed by atoms with Crippen LogP contribution < -0.4 is 0 Å². The molecule has 0 saturated heterocycles. The average Bonchev–Trinajstić information content (AvgIpc) is 2.23. The molecule has 1 aromatic rings. The number of carbonyl (C=O) groups is 1. The van der Waals surface area contributed by atoms with Gasteiger partial charge in [0.1, 0.15) is 5.82 Å². The third kappa shape index (κ3) is 4.43. The first-order valence-electron chi connectivity index (χ1n) is 4.84. The Morgan fingerprint density at radius 2 is 2.29 bits per heavy atom. The van der Waals surface area contributed by atoms with E-state index in [4.69, 9.17) is 23.1 Å². The topological polar surface area (TPSA) is 40.5 Å². The van der Waals surface area contributed by atoms with Crippen molar-refractivity contribution < 1.29 is 14.3 Å². The molecular formula is C12H11ClFNO2. The standard InChI is InChI=1S/C12H11ClFNO2/c1-2-5-15(8-12(16)17)7-9-3-4-11(14)10(13)6-9/h1,3-4,6H,5,7-8H2,(H,16,17). The summed E-state index contributed by atoms with van der Waals surface area (Å²) in [7, 11) is 0. The third-order valence-electron chi connectivity index (χ3n) is 2.06. The molecule has 0 aliphatic heterocycles. The SMILES string of the molecule is C#CCN(CC(=O)O)Cc1ccc(F)c(Cl)c1. The van der Waals surface area contributed by atoms with Crippen molar-refractivity contribution in [2.45, 2.75) is 6.54 Å². The summed E-state index contributed by atoms with van der Waals surface area (Å²) < 4.78 is 12.9. The minimum absolute atomic E-state index is 0.0125. The second kappa shape index (κ2) is 6.24. The second-order valence-electron chi connectivity index (χ2n) is 3.49. The van der Waals surface area contributed by atoms with E-state index in [1.54, 1.807) is 11.0 Å². The Morgan fingerprint density at radius 1 is 1.59 bits per heavy atom. The maximum Gasteiger partial charge on any atom is 0.317 e. The Bertz CT molecular complexity index is 456. The van der Waals surface area contributed by atoms with E-state index in [2.05, 4.69) is 5.92 Å². The molecule has 0 aliphatic carbocycles. The quantitative estimate of drug-likeness (QED) is 0.818. The average molecular weight is 256 g/mol. The monoisotopic (exact) mass is 255 g/mol. The number of carboxylic acids is 1. The molecule has 0 aliphatic rings. The Morgan fingerprint density at radius 3 is 2.82 bits per heavy atom. The van der Waals surface area contributed by atoms with Crippen molar-refractivity contribution in [1.29, 1.82) is 0 Å². The predicted molar refractivity (Wildman–Crippen MR) is 63.2 cm³/mol. The van der Waals surface area contributed by atoms with E-state index in [0.29, 0.717) is 12.1 Å². The van der Waals surface area contributed by atoms with Crippen LogP contribution >= 0.6 is 11.6 Å². The predicted octanol–water partition coefficient (Wildman–Crippen LogP) is 2.00. The van der Waals surface area contributed by atoms with Gasteiger partial charge in [0.25, 0.3) is 0 Å². The van der Waals surface area contributed by atoms with Crippen molar-refractivity contribution in [3.63, 3.8) is 0 Å². The Kier molecular flexibility index (Phi) is 4.95. The molecule has 1 aromatic carbocycles. The van der Waals surface area contributed by atoms with E-state index in [1.807, 2.05) is 0 Å². The van der Waals surface area contributed by atoms with E-state index >= 15 is 0 Å². The number of aliphatic carboxylic acids is 1. The second-order valence-corrected chi connectivity index (χ2v) is 3.90. The van der Waals surface area contributed by atoms with Gasteiger partial charge in [-0.3, -0.25) is 9.69 Å². The van der Waals surface area contributed by atoms with Crippen LogP contribution in [0, 0.1) is 18.2 Å². The van der Waals surface area contributed by atoms with Crippen molar-refractivity contribution in [2.24, 2.45) is 0 Å². The number of hydrogen-bond acceptors (Lipinski definition) is 2. The first-order valence-corrected chi connectivity index (χ1v) is 5.22. The zero-order chi connectivity index (χ0) is 12.8. The van der Waals surface area contributed by atoms with Crippen LogP contribution in [0.1, 0.15) is 5.56 Å². The van der Waals surface area contributed by atoms with Gasteiger partial charge in [-0.15, -0.1) is 6.42 Å². The molecule has 90 valence electrons. The number of benzene rings is 1. The lowest BCUT2D eigenvalue weighted by atomic mass is 10.2. The molecule has 0 heterocycles. The molecule has 0 bridgehead atoms. The fourth-order valence-electron chi connectivity index (χ4n) is 1.38. The summed E-state index contributed by atoms with van der Waals surface area (Å²) >= 11 is 5.63. The van der Waals surface area contributed by atoms with Gasteiger partial charge >= 0.3 is 5.97 Å². The van der Waals surface area contributed by atoms with Crippen LogP contribution in [0.3, 0.4) is 0 Å². The fourth-order valence-corrected chi connectivity index (χ4v) is 1.59. The molecule has 0 radical (unpaired) electrons. The van der Waals surface area contributed by atoms with E-state index in [1.165, 1.54) is 12.1 Å². The highest BCUT2D eigenvalue weighted by Crippen LogP contribution is 2.17. The van der Waals surface area contributed by atoms with Crippen LogP contribution in [-0.2, 0) is 11.3 Å². The molecule has 5 heteroatoms. The van der Waals surface area contributed by atoms with Crippen LogP contribution in [-0.4, -0.2) is 29.1 Å². The minimum atomic E-state index is -0.964. The van der Waals surface area contributed by atoms with Gasteiger partial charge in [0.15, 0.2) is 0 Å². The molecule has 1 rings (SSSR count). The molecular weight excluding hydrogens is 245 g/mol. The van der Waals surface area contributed by atoms with Gasteiger partial charge in [-0.2, -0.15) is 0 Å². The number of nitrogens with zero attached hydrogens (tertiary/aromatic N) is 1. The number of halogens is 2. The first-order chi connectivity index (χ1) is 8.02. The van der Waals surface area contributed by atoms with Crippen LogP contribution in [0.4, 0.5) is 4.39 Å². The largest absolute Gasteiger partial charge is 0.480 e. The van der Waals surface area contributed by atoms with Gasteiger partial charge < -0.3 is 5.11 Å². The first kappa shape index (κ1) is 13.5. The van der Waals surface area contributed by atoms with Crippen LogP contribution in [0.15, 0.2) is 18.2 Å². The number of terminal acetylenes is 1. The van der Waals surface area contributed by atoms with Gasteiger partial charge in [-0.05, 0) is 17.7 Å². The number of rotatable bonds is 5. The van der Waals surface area contributed by atoms with E-state index in [-0.39, 0.29) is 18.1 Å². The van der Waals surface area contributed by atoms with Gasteiger partial charge in [0.2, 0.25) is 0 Å². The van der Waals surface area contributed by atoms with Gasteiger partial charge in [0.05, 0.1) is 18.1 Å². The zero-order valence-electron chi connectivity index (χ0n) is 8.99. The highest BCUT2D eigenvalue weighted by atomic mass is 35.5. The lowest BCUT2D eigenvalue weighted by Gasteiger charge is -2.17. The highest BCUT2D eigenvalue weighted by Gasteiger charge is 2.10. The molecule has 0 fully saturated rings. The molecule has 0 unspecified atom stereocenters. The maximum absolute atomic E-state index is 12.9. The molecule has 0 saturated carbocycles. The molecule has 3 nitrogen and oxygen atoms in total. The van der Waals surface area contributed by atoms with E-state index in [9.17, 15) is 9.18 Å². The Hall–Kier alpha value is -1.57. The van der Waals surface area contributed by atoms with Crippen LogP contribution in [0.5, 0.6) is 0 Å². The van der Waals surface area contributed by atoms with Crippen molar-refractivity contribution in [3.05, 3.63) is 34.6 Å². The summed E-state index contributed by atoms with van der Waals surface area (Å²) in [4.78, 5) is 12.1. The van der Waals surface area contributed by atoms with E-state index < -0.39 is 11.8 Å². The van der Waals surface area contributed by atoms with Gasteiger partial charge in [-0.1, -0.05) is 23.6 Å². The van der Waals surface area contributed by atoms with Crippen molar-refractivity contribution >= 4 is 17.6 Å². The highest BCUT2D eigenvalue weighted by molar-refractivity contribution is 6.30.